The van der Waals surface area contributed by atoms with Crippen LogP contribution in [0.3, 0.4) is 0 Å². The lowest BCUT2D eigenvalue weighted by atomic mass is 9.95. The highest BCUT2D eigenvalue weighted by Gasteiger charge is 2.30. The van der Waals surface area contributed by atoms with Crippen LogP contribution >= 0.6 is 11.8 Å². The van der Waals surface area contributed by atoms with Crippen LogP contribution in [0.4, 0.5) is 0 Å². The van der Waals surface area contributed by atoms with Gasteiger partial charge in [0.2, 0.25) is 11.8 Å². The molecular weight excluding hydrogens is 428 g/mol. The zero-order chi connectivity index (χ0) is 23.6. The molecule has 3 rings (SSSR count). The number of benzene rings is 2. The Morgan fingerprint density at radius 3 is 2.09 bits per heavy atom. The van der Waals surface area contributed by atoms with Crippen molar-refractivity contribution in [3.05, 3.63) is 70.8 Å². The second kappa shape index (κ2) is 12.8. The smallest absolute Gasteiger partial charge is 0.243 e. The van der Waals surface area contributed by atoms with Gasteiger partial charge in [0.15, 0.2) is 0 Å². The number of rotatable bonds is 10. The Kier molecular flexibility index (Phi) is 9.86. The molecule has 1 saturated carbocycles. The number of amides is 2. The van der Waals surface area contributed by atoms with Crippen LogP contribution in [0.15, 0.2) is 48.5 Å². The summed E-state index contributed by atoms with van der Waals surface area (Å²) in [6, 6.07) is 16.5. The minimum absolute atomic E-state index is 0.00611. The fourth-order valence-electron chi connectivity index (χ4n) is 4.38. The van der Waals surface area contributed by atoms with Gasteiger partial charge in [0.25, 0.3) is 0 Å². The third-order valence-corrected chi connectivity index (χ3v) is 7.41. The van der Waals surface area contributed by atoms with Gasteiger partial charge >= 0.3 is 0 Å². The summed E-state index contributed by atoms with van der Waals surface area (Å²) in [6.07, 6.45) is 6.28. The largest absolute Gasteiger partial charge is 0.352 e. The fourth-order valence-corrected chi connectivity index (χ4v) is 5.25. The van der Waals surface area contributed by atoms with Gasteiger partial charge in [-0.1, -0.05) is 85.8 Å². The first-order valence-corrected chi connectivity index (χ1v) is 13.4. The van der Waals surface area contributed by atoms with E-state index in [2.05, 4.69) is 67.7 Å². The molecule has 0 aliphatic heterocycles. The van der Waals surface area contributed by atoms with E-state index >= 15 is 0 Å². The zero-order valence-corrected chi connectivity index (χ0v) is 21.1. The van der Waals surface area contributed by atoms with Crippen molar-refractivity contribution < 1.29 is 9.59 Å². The second-order valence-electron chi connectivity index (χ2n) is 9.25. The van der Waals surface area contributed by atoms with E-state index in [4.69, 9.17) is 0 Å². The summed E-state index contributed by atoms with van der Waals surface area (Å²) in [7, 11) is 0. The average molecular weight is 467 g/mol. The van der Waals surface area contributed by atoms with Crippen molar-refractivity contribution in [2.75, 3.05) is 5.75 Å². The molecule has 1 aliphatic carbocycles. The molecule has 0 aromatic heterocycles. The Balaban J connectivity index is 1.68. The molecule has 0 radical (unpaired) electrons. The molecule has 1 fully saturated rings. The van der Waals surface area contributed by atoms with Crippen LogP contribution in [0.1, 0.15) is 67.7 Å². The van der Waals surface area contributed by atoms with Gasteiger partial charge in [-0.3, -0.25) is 9.59 Å². The van der Waals surface area contributed by atoms with E-state index in [0.717, 1.165) is 24.2 Å². The number of nitrogens with zero attached hydrogens (tertiary/aromatic N) is 1. The van der Waals surface area contributed by atoms with Crippen LogP contribution in [0.25, 0.3) is 0 Å². The minimum atomic E-state index is -0.444. The van der Waals surface area contributed by atoms with Crippen LogP contribution < -0.4 is 5.32 Å². The summed E-state index contributed by atoms with van der Waals surface area (Å²) in [4.78, 5) is 28.4. The highest BCUT2D eigenvalue weighted by molar-refractivity contribution is 7.99. The van der Waals surface area contributed by atoms with Crippen molar-refractivity contribution in [2.45, 2.75) is 83.7 Å². The van der Waals surface area contributed by atoms with E-state index in [-0.39, 0.29) is 17.9 Å². The van der Waals surface area contributed by atoms with Crippen molar-refractivity contribution in [3.8, 4) is 0 Å². The van der Waals surface area contributed by atoms with Gasteiger partial charge in [-0.2, -0.15) is 0 Å². The van der Waals surface area contributed by atoms with Gasteiger partial charge in [0, 0.05) is 18.3 Å². The van der Waals surface area contributed by atoms with Crippen molar-refractivity contribution in [1.29, 1.82) is 0 Å². The Morgan fingerprint density at radius 2 is 1.52 bits per heavy atom. The summed E-state index contributed by atoms with van der Waals surface area (Å²) in [5.74, 6) is 1.18. The standard InChI is InChI=1S/C28H38N2O2S/c1-4-26(28(32)29-25-8-6-5-7-9-25)30(18-23-14-10-21(2)11-15-23)27(31)20-33-19-24-16-12-22(3)13-17-24/h10-17,25-26H,4-9,18-20H2,1-3H3,(H,29,32)/t26-/m0/s1. The van der Waals surface area contributed by atoms with Crippen molar-refractivity contribution in [1.82, 2.24) is 10.2 Å². The van der Waals surface area contributed by atoms with Gasteiger partial charge in [0.05, 0.1) is 5.75 Å². The molecule has 0 unspecified atom stereocenters. The third-order valence-electron chi connectivity index (χ3n) is 6.43. The predicted molar refractivity (Wildman–Crippen MR) is 138 cm³/mol. The number of nitrogens with one attached hydrogen (secondary N) is 1. The number of thioether (sulfide) groups is 1. The highest BCUT2D eigenvalue weighted by Crippen LogP contribution is 2.20. The van der Waals surface area contributed by atoms with E-state index in [0.29, 0.717) is 18.7 Å². The van der Waals surface area contributed by atoms with Crippen molar-refractivity contribution in [3.63, 3.8) is 0 Å². The minimum Gasteiger partial charge on any atom is -0.352 e. The summed E-state index contributed by atoms with van der Waals surface area (Å²) < 4.78 is 0. The molecule has 0 bridgehead atoms. The molecule has 0 heterocycles. The maximum Gasteiger partial charge on any atom is 0.243 e. The first kappa shape index (κ1) is 25.4. The van der Waals surface area contributed by atoms with Crippen molar-refractivity contribution >= 4 is 23.6 Å². The quantitative estimate of drug-likeness (QED) is 0.482. The number of hydrogen-bond acceptors (Lipinski definition) is 3. The molecule has 33 heavy (non-hydrogen) atoms. The topological polar surface area (TPSA) is 49.4 Å². The molecule has 5 heteroatoms. The predicted octanol–water partition coefficient (Wildman–Crippen LogP) is 5.79. The third kappa shape index (κ3) is 7.92. The highest BCUT2D eigenvalue weighted by atomic mass is 32.2. The molecule has 0 spiro atoms. The van der Waals surface area contributed by atoms with Crippen LogP contribution in [-0.2, 0) is 21.9 Å². The number of hydrogen-bond donors (Lipinski definition) is 1. The molecule has 4 nitrogen and oxygen atoms in total. The van der Waals surface area contributed by atoms with Crippen LogP contribution in [-0.4, -0.2) is 34.6 Å². The molecule has 1 N–H and O–H groups in total. The molecule has 1 aliphatic rings. The summed E-state index contributed by atoms with van der Waals surface area (Å²) in [5.41, 5.74) is 4.69. The Bertz CT molecular complexity index is 889. The van der Waals surface area contributed by atoms with E-state index < -0.39 is 6.04 Å². The Labute approximate surface area is 203 Å². The van der Waals surface area contributed by atoms with Crippen LogP contribution in [0, 0.1) is 13.8 Å². The van der Waals surface area contributed by atoms with Gasteiger partial charge in [-0.15, -0.1) is 11.8 Å². The monoisotopic (exact) mass is 466 g/mol. The number of carbonyl (C=O) groups excluding carboxylic acids is 2. The normalized spacial score (nSPS) is 15.1. The average Bonchev–Trinajstić information content (AvgIpc) is 2.82. The van der Waals surface area contributed by atoms with E-state index in [1.807, 2.05) is 6.92 Å². The first-order chi connectivity index (χ1) is 16.0. The van der Waals surface area contributed by atoms with Crippen LogP contribution in [0.2, 0.25) is 0 Å². The molecule has 2 aromatic rings. The lowest BCUT2D eigenvalue weighted by molar-refractivity contribution is -0.139. The summed E-state index contributed by atoms with van der Waals surface area (Å²) in [5, 5.41) is 3.25. The summed E-state index contributed by atoms with van der Waals surface area (Å²) in [6.45, 7) is 6.59. The maximum absolute atomic E-state index is 13.4. The fraction of sp³-hybridized carbons (Fsp3) is 0.500. The molecule has 178 valence electrons. The first-order valence-electron chi connectivity index (χ1n) is 12.2. The molecule has 1 atom stereocenters. The van der Waals surface area contributed by atoms with E-state index in [1.54, 1.807) is 16.7 Å². The molecule has 2 aromatic carbocycles. The van der Waals surface area contributed by atoms with Gasteiger partial charge in [-0.05, 0) is 44.2 Å². The molecular formula is C28H38N2O2S. The molecule has 2 amide bonds. The zero-order valence-electron chi connectivity index (χ0n) is 20.3. The lowest BCUT2D eigenvalue weighted by Crippen LogP contribution is -2.52. The SMILES string of the molecule is CC[C@@H](C(=O)NC1CCCCC1)N(Cc1ccc(C)cc1)C(=O)CSCc1ccc(C)cc1. The number of aryl methyl sites for hydroxylation is 2. The number of carbonyl (C=O) groups is 2. The van der Waals surface area contributed by atoms with Gasteiger partial charge < -0.3 is 10.2 Å². The van der Waals surface area contributed by atoms with Crippen molar-refractivity contribution in [2.24, 2.45) is 0 Å². The summed E-state index contributed by atoms with van der Waals surface area (Å²) >= 11 is 1.61. The van der Waals surface area contributed by atoms with E-state index in [1.165, 1.54) is 36.0 Å². The Morgan fingerprint density at radius 1 is 0.939 bits per heavy atom. The molecule has 0 saturated heterocycles. The maximum atomic E-state index is 13.4. The van der Waals surface area contributed by atoms with Crippen LogP contribution in [0.5, 0.6) is 0 Å². The second-order valence-corrected chi connectivity index (χ2v) is 10.2. The lowest BCUT2D eigenvalue weighted by Gasteiger charge is -2.32. The van der Waals surface area contributed by atoms with Gasteiger partial charge in [0.1, 0.15) is 6.04 Å². The Hall–Kier alpha value is -2.27. The van der Waals surface area contributed by atoms with E-state index in [9.17, 15) is 9.59 Å². The van der Waals surface area contributed by atoms with Gasteiger partial charge in [-0.25, -0.2) is 0 Å².